The topological polar surface area (TPSA) is 79.0 Å². The van der Waals surface area contributed by atoms with Crippen LogP contribution in [0.4, 0.5) is 5.69 Å². The van der Waals surface area contributed by atoms with E-state index in [1.54, 1.807) is 4.90 Å². The number of benzene rings is 1. The number of hydrogen-bond acceptors (Lipinski definition) is 5. The molecule has 176 valence electrons. The number of carbonyl (C=O) groups is 3. The van der Waals surface area contributed by atoms with Crippen molar-refractivity contribution in [2.24, 2.45) is 5.41 Å². The second kappa shape index (κ2) is 10.0. The van der Waals surface area contributed by atoms with E-state index in [1.807, 2.05) is 52.8 Å². The first-order valence-electron chi connectivity index (χ1n) is 11.6. The Labute approximate surface area is 191 Å². The minimum absolute atomic E-state index is 0.118. The predicted molar refractivity (Wildman–Crippen MR) is 124 cm³/mol. The smallest absolute Gasteiger partial charge is 0.320 e. The number of ether oxygens (including phenoxy) is 1. The van der Waals surface area contributed by atoms with E-state index in [0.717, 1.165) is 37.1 Å². The second-order valence-electron chi connectivity index (χ2n) is 10.3. The van der Waals surface area contributed by atoms with Crippen molar-refractivity contribution in [2.45, 2.75) is 72.4 Å². The molecular weight excluding hydrogens is 406 g/mol. The van der Waals surface area contributed by atoms with Gasteiger partial charge in [0, 0.05) is 17.5 Å². The molecule has 0 saturated carbocycles. The molecule has 2 saturated heterocycles. The van der Waals surface area contributed by atoms with Crippen LogP contribution in [0.2, 0.25) is 0 Å². The summed E-state index contributed by atoms with van der Waals surface area (Å²) in [7, 11) is 0. The summed E-state index contributed by atoms with van der Waals surface area (Å²) >= 11 is 0. The molecule has 0 unspecified atom stereocenters. The Bertz CT molecular complexity index is 835. The van der Waals surface area contributed by atoms with Gasteiger partial charge in [-0.2, -0.15) is 0 Å². The number of esters is 1. The van der Waals surface area contributed by atoms with Crippen LogP contribution in [0, 0.1) is 19.3 Å². The van der Waals surface area contributed by atoms with Crippen LogP contribution < -0.4 is 5.32 Å². The van der Waals surface area contributed by atoms with Gasteiger partial charge in [0.25, 0.3) is 0 Å². The monoisotopic (exact) mass is 443 g/mol. The Morgan fingerprint density at radius 3 is 2.25 bits per heavy atom. The molecule has 2 fully saturated rings. The Morgan fingerprint density at radius 1 is 1.03 bits per heavy atom. The van der Waals surface area contributed by atoms with Crippen LogP contribution >= 0.6 is 0 Å². The number of carbonyl (C=O) groups excluding carboxylic acids is 3. The standard InChI is InChI=1S/C25H37N3O4/c1-17-11-18(2)13-19(12-17)26-23(30)21-14-20(15-28(21)24(31)25(3,4)5)32-22(29)16-27-9-7-6-8-10-27/h11-13,20-21H,6-10,14-16H2,1-5H3,(H,26,30)/t20-,21+/m0/s1. The lowest BCUT2D eigenvalue weighted by molar-refractivity contribution is -0.151. The molecule has 32 heavy (non-hydrogen) atoms. The van der Waals surface area contributed by atoms with Gasteiger partial charge in [-0.15, -0.1) is 0 Å². The lowest BCUT2D eigenvalue weighted by atomic mass is 9.94. The van der Waals surface area contributed by atoms with Gasteiger partial charge >= 0.3 is 5.97 Å². The van der Waals surface area contributed by atoms with Gasteiger partial charge in [-0.1, -0.05) is 33.3 Å². The van der Waals surface area contributed by atoms with E-state index in [1.165, 1.54) is 6.42 Å². The first kappa shape index (κ1) is 24.2. The molecule has 0 spiro atoms. The maximum Gasteiger partial charge on any atom is 0.320 e. The summed E-state index contributed by atoms with van der Waals surface area (Å²) in [4.78, 5) is 42.5. The van der Waals surface area contributed by atoms with Gasteiger partial charge in [0.1, 0.15) is 12.1 Å². The summed E-state index contributed by atoms with van der Waals surface area (Å²) in [5, 5.41) is 2.96. The van der Waals surface area contributed by atoms with Gasteiger partial charge in [0.05, 0.1) is 13.1 Å². The van der Waals surface area contributed by atoms with Crippen LogP contribution in [0.3, 0.4) is 0 Å². The molecule has 0 aliphatic carbocycles. The molecule has 0 aromatic heterocycles. The van der Waals surface area contributed by atoms with E-state index in [4.69, 9.17) is 4.74 Å². The second-order valence-corrected chi connectivity index (χ2v) is 10.3. The lowest BCUT2D eigenvalue weighted by Crippen LogP contribution is -2.47. The third kappa shape index (κ3) is 6.31. The van der Waals surface area contributed by atoms with Gasteiger partial charge in [0.15, 0.2) is 0 Å². The highest BCUT2D eigenvalue weighted by Gasteiger charge is 2.44. The number of anilines is 1. The fraction of sp³-hybridized carbons (Fsp3) is 0.640. The van der Waals surface area contributed by atoms with Crippen LogP contribution in [0.25, 0.3) is 0 Å². The number of aryl methyl sites for hydroxylation is 2. The number of nitrogens with one attached hydrogen (secondary N) is 1. The third-order valence-electron chi connectivity index (χ3n) is 6.06. The summed E-state index contributed by atoms with van der Waals surface area (Å²) in [6.45, 7) is 11.8. The van der Waals surface area contributed by atoms with Crippen molar-refractivity contribution in [3.63, 3.8) is 0 Å². The number of rotatable bonds is 5. The zero-order valence-corrected chi connectivity index (χ0v) is 20.1. The SMILES string of the molecule is Cc1cc(C)cc(NC(=O)[C@H]2C[C@H](OC(=O)CN3CCCCC3)CN2C(=O)C(C)(C)C)c1. The molecular formula is C25H37N3O4. The normalized spacial score (nSPS) is 22.0. The van der Waals surface area contributed by atoms with Gasteiger partial charge in [-0.05, 0) is 63.0 Å². The fourth-order valence-corrected chi connectivity index (χ4v) is 4.58. The maximum atomic E-state index is 13.2. The highest BCUT2D eigenvalue weighted by molar-refractivity contribution is 5.98. The van der Waals surface area contributed by atoms with E-state index in [0.29, 0.717) is 12.1 Å². The minimum Gasteiger partial charge on any atom is -0.459 e. The van der Waals surface area contributed by atoms with Crippen LogP contribution in [0.1, 0.15) is 57.6 Å². The van der Waals surface area contributed by atoms with Crippen LogP contribution in [0.5, 0.6) is 0 Å². The van der Waals surface area contributed by atoms with Gasteiger partial charge in [-0.3, -0.25) is 19.3 Å². The van der Waals surface area contributed by atoms with Gasteiger partial charge in [-0.25, -0.2) is 0 Å². The molecule has 2 aliphatic rings. The van der Waals surface area contributed by atoms with Crippen LogP contribution in [0.15, 0.2) is 18.2 Å². The Kier molecular flexibility index (Phi) is 7.59. The van der Waals surface area contributed by atoms with Crippen molar-refractivity contribution in [1.29, 1.82) is 0 Å². The average Bonchev–Trinajstić information content (AvgIpc) is 3.10. The van der Waals surface area contributed by atoms with Crippen molar-refractivity contribution >= 4 is 23.5 Å². The molecule has 2 atom stereocenters. The zero-order chi connectivity index (χ0) is 23.5. The molecule has 1 aromatic rings. The number of piperidine rings is 1. The maximum absolute atomic E-state index is 13.2. The third-order valence-corrected chi connectivity index (χ3v) is 6.06. The molecule has 2 amide bonds. The lowest BCUT2D eigenvalue weighted by Gasteiger charge is -2.30. The molecule has 2 heterocycles. The molecule has 7 nitrogen and oxygen atoms in total. The van der Waals surface area contributed by atoms with E-state index < -0.39 is 17.6 Å². The largest absolute Gasteiger partial charge is 0.459 e. The Balaban J connectivity index is 1.69. The van der Waals surface area contributed by atoms with E-state index in [2.05, 4.69) is 10.2 Å². The first-order valence-corrected chi connectivity index (χ1v) is 11.6. The highest BCUT2D eigenvalue weighted by atomic mass is 16.5. The number of likely N-dealkylation sites (tertiary alicyclic amines) is 2. The summed E-state index contributed by atoms with van der Waals surface area (Å²) in [6.07, 6.45) is 3.24. The van der Waals surface area contributed by atoms with E-state index >= 15 is 0 Å². The quantitative estimate of drug-likeness (QED) is 0.707. The van der Waals surface area contributed by atoms with Crippen molar-refractivity contribution < 1.29 is 19.1 Å². The zero-order valence-electron chi connectivity index (χ0n) is 20.1. The number of hydrogen-bond donors (Lipinski definition) is 1. The van der Waals surface area contributed by atoms with E-state index in [9.17, 15) is 14.4 Å². The highest BCUT2D eigenvalue weighted by Crippen LogP contribution is 2.28. The van der Waals surface area contributed by atoms with Crippen LogP contribution in [-0.2, 0) is 19.1 Å². The average molecular weight is 444 g/mol. The molecule has 2 aliphatic heterocycles. The van der Waals surface area contributed by atoms with Crippen molar-refractivity contribution in [1.82, 2.24) is 9.80 Å². The first-order chi connectivity index (χ1) is 15.0. The predicted octanol–water partition coefficient (Wildman–Crippen LogP) is 3.29. The van der Waals surface area contributed by atoms with Crippen LogP contribution in [-0.4, -0.2) is 65.9 Å². The Hall–Kier alpha value is -2.41. The van der Waals surface area contributed by atoms with Crippen molar-refractivity contribution in [3.8, 4) is 0 Å². The summed E-state index contributed by atoms with van der Waals surface area (Å²) in [5.41, 5.74) is 2.18. The number of amides is 2. The molecule has 1 N–H and O–H groups in total. The molecule has 0 radical (unpaired) electrons. The number of nitrogens with zero attached hydrogens (tertiary/aromatic N) is 2. The summed E-state index contributed by atoms with van der Waals surface area (Å²) < 4.78 is 5.72. The summed E-state index contributed by atoms with van der Waals surface area (Å²) in [6, 6.07) is 5.19. The molecule has 7 heteroatoms. The van der Waals surface area contributed by atoms with E-state index in [-0.39, 0.29) is 30.9 Å². The molecule has 3 rings (SSSR count). The minimum atomic E-state index is -0.671. The van der Waals surface area contributed by atoms with Crippen molar-refractivity contribution in [2.75, 3.05) is 31.5 Å². The Morgan fingerprint density at radius 2 is 1.66 bits per heavy atom. The van der Waals surface area contributed by atoms with Gasteiger partial charge < -0.3 is 15.0 Å². The van der Waals surface area contributed by atoms with Crippen molar-refractivity contribution in [3.05, 3.63) is 29.3 Å². The van der Waals surface area contributed by atoms with Gasteiger partial charge in [0.2, 0.25) is 11.8 Å². The molecule has 1 aromatic carbocycles. The summed E-state index contributed by atoms with van der Waals surface area (Å²) in [5.74, 6) is -0.648. The fourth-order valence-electron chi connectivity index (χ4n) is 4.58. The molecule has 0 bridgehead atoms.